The molecule has 2 amide bonds. The lowest BCUT2D eigenvalue weighted by Gasteiger charge is -2.22. The number of H-pyrrole nitrogens is 1. The predicted octanol–water partition coefficient (Wildman–Crippen LogP) is 6.19. The van der Waals surface area contributed by atoms with Gasteiger partial charge in [0.25, 0.3) is 0 Å². The van der Waals surface area contributed by atoms with Crippen molar-refractivity contribution in [3.63, 3.8) is 0 Å². The molecule has 0 fully saturated rings. The topological polar surface area (TPSA) is 96.1 Å². The van der Waals surface area contributed by atoms with Gasteiger partial charge >= 0.3 is 6.09 Å². The van der Waals surface area contributed by atoms with Gasteiger partial charge in [0.05, 0.1) is 10.9 Å². The van der Waals surface area contributed by atoms with Gasteiger partial charge in [-0.3, -0.25) is 4.79 Å². The van der Waals surface area contributed by atoms with E-state index in [-0.39, 0.29) is 12.5 Å². The lowest BCUT2D eigenvalue weighted by molar-refractivity contribution is -0.117. The molecular weight excluding hydrogens is 472 g/mol. The average molecular weight is 497 g/mol. The number of carbonyl (C=O) groups excluding carboxylic acids is 2. The number of rotatable bonds is 6. The first-order valence-electron chi connectivity index (χ1n) is 10.7. The van der Waals surface area contributed by atoms with Crippen molar-refractivity contribution in [3.05, 3.63) is 70.8 Å². The summed E-state index contributed by atoms with van der Waals surface area (Å²) in [5.74, 6) is -0.831. The monoisotopic (exact) mass is 496 g/mol. The number of ether oxygens (including phenoxy) is 1. The zero-order chi connectivity index (χ0) is 24.3. The van der Waals surface area contributed by atoms with Crippen LogP contribution in [0.5, 0.6) is 0 Å². The summed E-state index contributed by atoms with van der Waals surface area (Å²) in [6.07, 6.45) is 1.13. The number of alkyl carbamates (subject to hydrolysis) is 1. The first-order chi connectivity index (χ1) is 16.2. The number of fused-ring (bicyclic) bond motifs is 1. The minimum absolute atomic E-state index is 0.100. The molecule has 7 nitrogen and oxygen atoms in total. The Labute approximate surface area is 206 Å². The molecule has 0 spiro atoms. The van der Waals surface area contributed by atoms with Gasteiger partial charge in [-0.15, -0.1) is 11.3 Å². The highest BCUT2D eigenvalue weighted by molar-refractivity contribution is 7.14. The highest BCUT2D eigenvalue weighted by atomic mass is 35.5. The van der Waals surface area contributed by atoms with Crippen molar-refractivity contribution in [2.24, 2.45) is 0 Å². The SMILES string of the molecule is CC(C)(C)OC(=O)NCC(C(=O)Nc1cc(-c2c(Cl)[nH]c3ncccc23)cs1)c1ccccc1. The summed E-state index contributed by atoms with van der Waals surface area (Å²) in [6, 6.07) is 15.0. The van der Waals surface area contributed by atoms with Crippen molar-refractivity contribution >= 4 is 51.0 Å². The van der Waals surface area contributed by atoms with Crippen LogP contribution in [0.15, 0.2) is 60.1 Å². The first-order valence-corrected chi connectivity index (χ1v) is 12.0. The molecule has 176 valence electrons. The van der Waals surface area contributed by atoms with E-state index < -0.39 is 17.6 Å². The van der Waals surface area contributed by atoms with E-state index in [1.54, 1.807) is 27.0 Å². The van der Waals surface area contributed by atoms with Gasteiger partial charge in [-0.1, -0.05) is 41.9 Å². The maximum absolute atomic E-state index is 13.2. The van der Waals surface area contributed by atoms with Crippen LogP contribution in [0.1, 0.15) is 32.3 Å². The van der Waals surface area contributed by atoms with Gasteiger partial charge in [0.2, 0.25) is 5.91 Å². The van der Waals surface area contributed by atoms with Crippen molar-refractivity contribution in [2.45, 2.75) is 32.3 Å². The van der Waals surface area contributed by atoms with Gasteiger partial charge in [0, 0.05) is 29.1 Å². The third-order valence-corrected chi connectivity index (χ3v) is 6.16. The van der Waals surface area contributed by atoms with Crippen LogP contribution in [0.2, 0.25) is 5.15 Å². The Morgan fingerprint density at radius 1 is 1.18 bits per heavy atom. The fraction of sp³-hybridized carbons (Fsp3) is 0.240. The molecule has 0 aliphatic heterocycles. The van der Waals surface area contributed by atoms with E-state index in [1.165, 1.54) is 11.3 Å². The molecule has 0 saturated carbocycles. The summed E-state index contributed by atoms with van der Waals surface area (Å²) in [4.78, 5) is 32.8. The highest BCUT2D eigenvalue weighted by Gasteiger charge is 2.24. The Kier molecular flexibility index (Phi) is 6.90. The maximum atomic E-state index is 13.2. The van der Waals surface area contributed by atoms with Crippen LogP contribution in [-0.4, -0.2) is 34.1 Å². The molecule has 1 atom stereocenters. The van der Waals surface area contributed by atoms with Gasteiger partial charge in [0.1, 0.15) is 16.4 Å². The van der Waals surface area contributed by atoms with E-state index >= 15 is 0 Å². The number of halogens is 1. The number of anilines is 1. The Bertz CT molecular complexity index is 1310. The summed E-state index contributed by atoms with van der Waals surface area (Å²) in [5, 5.41) is 9.71. The first kappa shape index (κ1) is 23.8. The van der Waals surface area contributed by atoms with E-state index in [0.29, 0.717) is 15.8 Å². The molecule has 1 aromatic carbocycles. The maximum Gasteiger partial charge on any atom is 0.407 e. The molecule has 1 unspecified atom stereocenters. The van der Waals surface area contributed by atoms with Crippen LogP contribution in [-0.2, 0) is 9.53 Å². The number of benzene rings is 1. The van der Waals surface area contributed by atoms with E-state index in [1.807, 2.05) is 53.9 Å². The molecule has 0 bridgehead atoms. The zero-order valence-corrected chi connectivity index (χ0v) is 20.6. The van der Waals surface area contributed by atoms with Crippen molar-refractivity contribution < 1.29 is 14.3 Å². The van der Waals surface area contributed by atoms with Gasteiger partial charge in [-0.25, -0.2) is 9.78 Å². The number of amides is 2. The number of hydrogen-bond acceptors (Lipinski definition) is 5. The lowest BCUT2D eigenvalue weighted by atomic mass is 9.98. The second-order valence-electron chi connectivity index (χ2n) is 8.75. The summed E-state index contributed by atoms with van der Waals surface area (Å²) < 4.78 is 5.31. The van der Waals surface area contributed by atoms with Crippen LogP contribution in [0.3, 0.4) is 0 Å². The Balaban J connectivity index is 1.52. The summed E-state index contributed by atoms with van der Waals surface area (Å²) in [7, 11) is 0. The molecule has 3 N–H and O–H groups in total. The number of hydrogen-bond donors (Lipinski definition) is 3. The van der Waals surface area contributed by atoms with Gasteiger partial charge < -0.3 is 20.4 Å². The minimum atomic E-state index is -0.624. The Morgan fingerprint density at radius 2 is 1.94 bits per heavy atom. The fourth-order valence-corrected chi connectivity index (χ4v) is 4.66. The van der Waals surface area contributed by atoms with Crippen molar-refractivity contribution in [1.82, 2.24) is 15.3 Å². The number of nitrogens with one attached hydrogen (secondary N) is 3. The minimum Gasteiger partial charge on any atom is -0.444 e. The Morgan fingerprint density at radius 3 is 2.68 bits per heavy atom. The van der Waals surface area contributed by atoms with Crippen LogP contribution in [0.25, 0.3) is 22.2 Å². The molecule has 4 aromatic rings. The molecule has 3 aromatic heterocycles. The Hall–Kier alpha value is -3.36. The largest absolute Gasteiger partial charge is 0.444 e. The van der Waals surface area contributed by atoms with Crippen LogP contribution >= 0.6 is 22.9 Å². The molecule has 0 aliphatic rings. The summed E-state index contributed by atoms with van der Waals surface area (Å²) in [5.41, 5.74) is 2.59. The number of nitrogens with zero attached hydrogens (tertiary/aromatic N) is 1. The lowest BCUT2D eigenvalue weighted by Crippen LogP contribution is -2.37. The van der Waals surface area contributed by atoms with Gasteiger partial charge in [0.15, 0.2) is 0 Å². The number of aromatic amines is 1. The standard InChI is InChI=1S/C25H25ClN4O3S/c1-25(2,3)33-24(32)28-13-18(15-8-5-4-6-9-15)23(31)29-19-12-16(14-34-19)20-17-10-7-11-27-22(17)30-21(20)26/h4-12,14,18H,13H2,1-3H3,(H,27,30)(H,28,32)(H,29,31). The number of pyridine rings is 1. The van der Waals surface area contributed by atoms with E-state index in [2.05, 4.69) is 20.6 Å². The average Bonchev–Trinajstić information content (AvgIpc) is 3.36. The van der Waals surface area contributed by atoms with Crippen LogP contribution < -0.4 is 10.6 Å². The van der Waals surface area contributed by atoms with Crippen LogP contribution in [0.4, 0.5) is 9.80 Å². The summed E-state index contributed by atoms with van der Waals surface area (Å²) in [6.45, 7) is 5.47. The third-order valence-electron chi connectivity index (χ3n) is 5.03. The molecule has 0 radical (unpaired) electrons. The van der Waals surface area contributed by atoms with E-state index in [9.17, 15) is 9.59 Å². The fourth-order valence-electron chi connectivity index (χ4n) is 3.56. The molecule has 9 heteroatoms. The van der Waals surface area contributed by atoms with Gasteiger partial charge in [-0.05, 0) is 50.1 Å². The number of carbonyl (C=O) groups is 2. The molecule has 4 rings (SSSR count). The smallest absolute Gasteiger partial charge is 0.407 e. The third kappa shape index (κ3) is 5.58. The van der Waals surface area contributed by atoms with Gasteiger partial charge in [-0.2, -0.15) is 0 Å². The normalized spacial score (nSPS) is 12.4. The van der Waals surface area contributed by atoms with Crippen molar-refractivity contribution in [3.8, 4) is 11.1 Å². The quantitative estimate of drug-likeness (QED) is 0.296. The van der Waals surface area contributed by atoms with Crippen molar-refractivity contribution in [2.75, 3.05) is 11.9 Å². The molecule has 0 saturated heterocycles. The molecule has 34 heavy (non-hydrogen) atoms. The summed E-state index contributed by atoms with van der Waals surface area (Å²) >= 11 is 7.84. The zero-order valence-electron chi connectivity index (χ0n) is 19.0. The van der Waals surface area contributed by atoms with Crippen LogP contribution in [0, 0.1) is 0 Å². The number of thiophene rings is 1. The number of aromatic nitrogens is 2. The predicted molar refractivity (Wildman–Crippen MR) is 136 cm³/mol. The molecular formula is C25H25ClN4O3S. The molecule has 3 heterocycles. The second kappa shape index (κ2) is 9.87. The highest BCUT2D eigenvalue weighted by Crippen LogP contribution is 2.38. The van der Waals surface area contributed by atoms with E-state index in [0.717, 1.165) is 22.1 Å². The van der Waals surface area contributed by atoms with Crippen molar-refractivity contribution in [1.29, 1.82) is 0 Å². The second-order valence-corrected chi connectivity index (χ2v) is 10.0. The molecule has 0 aliphatic carbocycles. The van der Waals surface area contributed by atoms with E-state index in [4.69, 9.17) is 16.3 Å².